The predicted molar refractivity (Wildman–Crippen MR) is 83.6 cm³/mol. The summed E-state index contributed by atoms with van der Waals surface area (Å²) in [6.07, 6.45) is 3.24. The normalized spacial score (nSPS) is 10.1. The maximum atomic E-state index is 6.03. The first kappa shape index (κ1) is 13.9. The molecule has 5 nitrogen and oxygen atoms in total. The van der Waals surface area contributed by atoms with Gasteiger partial charge in [0.15, 0.2) is 11.6 Å². The van der Waals surface area contributed by atoms with E-state index >= 15 is 0 Å². The third-order valence-corrected chi connectivity index (χ3v) is 2.88. The first-order valence-electron chi connectivity index (χ1n) is 6.45. The van der Waals surface area contributed by atoms with Gasteiger partial charge in [-0.3, -0.25) is 0 Å². The molecular weight excluding hydrogens is 250 g/mol. The van der Waals surface area contributed by atoms with Gasteiger partial charge in [0.1, 0.15) is 12.0 Å². The summed E-state index contributed by atoms with van der Waals surface area (Å²) in [5.41, 5.74) is 8.96. The van der Waals surface area contributed by atoms with E-state index in [1.807, 2.05) is 0 Å². The van der Waals surface area contributed by atoms with Gasteiger partial charge in [-0.2, -0.15) is 0 Å². The number of nitrogens with one attached hydrogen (secondary N) is 2. The van der Waals surface area contributed by atoms with Crippen LogP contribution in [0.3, 0.4) is 0 Å². The minimum atomic E-state index is 0.515. The zero-order valence-electron chi connectivity index (χ0n) is 11.6. The molecule has 1 heterocycles. The lowest BCUT2D eigenvalue weighted by Gasteiger charge is -2.11. The lowest BCUT2D eigenvalue weighted by atomic mass is 10.1. The van der Waals surface area contributed by atoms with Crippen LogP contribution in [0.25, 0.3) is 0 Å². The van der Waals surface area contributed by atoms with E-state index in [1.54, 1.807) is 6.08 Å². The van der Waals surface area contributed by atoms with Crippen molar-refractivity contribution >= 4 is 17.3 Å². The maximum Gasteiger partial charge on any atom is 0.155 e. The smallest absolute Gasteiger partial charge is 0.155 e. The molecule has 0 aliphatic carbocycles. The molecule has 2 aromatic rings. The number of nitrogens with two attached hydrogens (primary N) is 1. The SMILES string of the molecule is C=CCNc1ncnc(NCc2ccc(C)cc2)c1N. The number of nitrogen functional groups attached to an aromatic ring is 1. The molecule has 0 spiro atoms. The predicted octanol–water partition coefficient (Wildman–Crippen LogP) is 2.58. The molecule has 0 amide bonds. The highest BCUT2D eigenvalue weighted by Gasteiger charge is 2.06. The van der Waals surface area contributed by atoms with Crippen molar-refractivity contribution in [1.82, 2.24) is 9.97 Å². The first-order chi connectivity index (χ1) is 9.70. The fourth-order valence-corrected chi connectivity index (χ4v) is 1.74. The van der Waals surface area contributed by atoms with Crippen LogP contribution < -0.4 is 16.4 Å². The van der Waals surface area contributed by atoms with Gasteiger partial charge in [0.25, 0.3) is 0 Å². The molecule has 2 rings (SSSR count). The molecule has 0 aliphatic rings. The zero-order chi connectivity index (χ0) is 14.4. The Kier molecular flexibility index (Phi) is 4.55. The average molecular weight is 269 g/mol. The Morgan fingerprint density at radius 2 is 1.80 bits per heavy atom. The minimum absolute atomic E-state index is 0.515. The van der Waals surface area contributed by atoms with Crippen LogP contribution in [0.5, 0.6) is 0 Å². The van der Waals surface area contributed by atoms with Gasteiger partial charge in [-0.05, 0) is 12.5 Å². The van der Waals surface area contributed by atoms with Crippen LogP contribution in [0, 0.1) is 6.92 Å². The van der Waals surface area contributed by atoms with Gasteiger partial charge in [-0.15, -0.1) is 6.58 Å². The van der Waals surface area contributed by atoms with E-state index in [2.05, 4.69) is 58.4 Å². The summed E-state index contributed by atoms with van der Waals surface area (Å²) >= 11 is 0. The largest absolute Gasteiger partial charge is 0.393 e. The van der Waals surface area contributed by atoms with Gasteiger partial charge < -0.3 is 16.4 Å². The maximum absolute atomic E-state index is 6.03. The van der Waals surface area contributed by atoms with Crippen LogP contribution in [0.2, 0.25) is 0 Å². The van der Waals surface area contributed by atoms with Gasteiger partial charge in [0, 0.05) is 13.1 Å². The molecule has 0 saturated carbocycles. The van der Waals surface area contributed by atoms with E-state index in [-0.39, 0.29) is 0 Å². The molecule has 5 heteroatoms. The third-order valence-electron chi connectivity index (χ3n) is 2.88. The lowest BCUT2D eigenvalue weighted by Crippen LogP contribution is -2.09. The average Bonchev–Trinajstić information content (AvgIpc) is 2.47. The second-order valence-electron chi connectivity index (χ2n) is 4.49. The molecule has 0 saturated heterocycles. The van der Waals surface area contributed by atoms with E-state index in [1.165, 1.54) is 17.5 Å². The van der Waals surface area contributed by atoms with E-state index in [9.17, 15) is 0 Å². The van der Waals surface area contributed by atoms with Gasteiger partial charge in [0.2, 0.25) is 0 Å². The van der Waals surface area contributed by atoms with Gasteiger partial charge in [-0.1, -0.05) is 35.9 Å². The van der Waals surface area contributed by atoms with Gasteiger partial charge in [-0.25, -0.2) is 9.97 Å². The first-order valence-corrected chi connectivity index (χ1v) is 6.45. The van der Waals surface area contributed by atoms with Crippen LogP contribution >= 0.6 is 0 Å². The number of nitrogens with zero attached hydrogens (tertiary/aromatic N) is 2. The van der Waals surface area contributed by atoms with E-state index < -0.39 is 0 Å². The molecular formula is C15H19N5. The van der Waals surface area contributed by atoms with Gasteiger partial charge in [0.05, 0.1) is 0 Å². The van der Waals surface area contributed by atoms with Crippen molar-refractivity contribution in [3.05, 3.63) is 54.4 Å². The molecule has 0 atom stereocenters. The molecule has 0 aliphatic heterocycles. The second-order valence-corrected chi connectivity index (χ2v) is 4.49. The fourth-order valence-electron chi connectivity index (χ4n) is 1.74. The van der Waals surface area contributed by atoms with Crippen LogP contribution in [0.1, 0.15) is 11.1 Å². The van der Waals surface area contributed by atoms with Crippen molar-refractivity contribution in [1.29, 1.82) is 0 Å². The zero-order valence-corrected chi connectivity index (χ0v) is 11.6. The number of hydrogen-bond donors (Lipinski definition) is 3. The Hall–Kier alpha value is -2.56. The molecule has 1 aromatic heterocycles. The Morgan fingerprint density at radius 1 is 1.15 bits per heavy atom. The molecule has 0 fully saturated rings. The summed E-state index contributed by atoms with van der Waals surface area (Å²) in [7, 11) is 0. The highest BCUT2D eigenvalue weighted by Crippen LogP contribution is 2.22. The van der Waals surface area contributed by atoms with Crippen molar-refractivity contribution in [3.63, 3.8) is 0 Å². The molecule has 20 heavy (non-hydrogen) atoms. The Labute approximate surface area is 119 Å². The van der Waals surface area contributed by atoms with Crippen LogP contribution in [0.15, 0.2) is 43.2 Å². The third kappa shape index (κ3) is 3.47. The highest BCUT2D eigenvalue weighted by molar-refractivity contribution is 5.74. The minimum Gasteiger partial charge on any atom is -0.393 e. The molecule has 4 N–H and O–H groups in total. The van der Waals surface area contributed by atoms with Crippen molar-refractivity contribution < 1.29 is 0 Å². The second kappa shape index (κ2) is 6.56. The van der Waals surface area contributed by atoms with Gasteiger partial charge >= 0.3 is 0 Å². The summed E-state index contributed by atoms with van der Waals surface area (Å²) < 4.78 is 0. The number of rotatable bonds is 6. The summed E-state index contributed by atoms with van der Waals surface area (Å²) in [5, 5.41) is 6.30. The van der Waals surface area contributed by atoms with Crippen LogP contribution in [-0.4, -0.2) is 16.5 Å². The standard InChI is InChI=1S/C15H19N5/c1-3-8-17-14-13(16)15(20-10-19-14)18-9-12-6-4-11(2)5-7-12/h3-7,10H,1,8-9,16H2,2H3,(H2,17,18,19,20). The Bertz CT molecular complexity index is 577. The van der Waals surface area contributed by atoms with Crippen molar-refractivity contribution in [3.8, 4) is 0 Å². The van der Waals surface area contributed by atoms with E-state index in [0.717, 1.165) is 0 Å². The number of aromatic nitrogens is 2. The Balaban J connectivity index is 2.05. The monoisotopic (exact) mass is 269 g/mol. The topological polar surface area (TPSA) is 75.9 Å². The van der Waals surface area contributed by atoms with Crippen molar-refractivity contribution in [2.24, 2.45) is 0 Å². The van der Waals surface area contributed by atoms with Crippen molar-refractivity contribution in [2.45, 2.75) is 13.5 Å². The number of benzene rings is 1. The summed E-state index contributed by atoms with van der Waals surface area (Å²) in [6.45, 7) is 6.99. The number of aryl methyl sites for hydroxylation is 1. The Morgan fingerprint density at radius 3 is 2.45 bits per heavy atom. The molecule has 1 aromatic carbocycles. The summed E-state index contributed by atoms with van der Waals surface area (Å²) in [6, 6.07) is 8.32. The summed E-state index contributed by atoms with van der Waals surface area (Å²) in [5.74, 6) is 1.25. The lowest BCUT2D eigenvalue weighted by molar-refractivity contribution is 1.08. The molecule has 0 radical (unpaired) electrons. The van der Waals surface area contributed by atoms with Crippen molar-refractivity contribution in [2.75, 3.05) is 22.9 Å². The van der Waals surface area contributed by atoms with E-state index in [4.69, 9.17) is 5.73 Å². The fraction of sp³-hybridized carbons (Fsp3) is 0.200. The van der Waals surface area contributed by atoms with Crippen LogP contribution in [0.4, 0.5) is 17.3 Å². The quantitative estimate of drug-likeness (QED) is 0.703. The highest BCUT2D eigenvalue weighted by atomic mass is 15.1. The van der Waals surface area contributed by atoms with Crippen LogP contribution in [-0.2, 0) is 6.54 Å². The van der Waals surface area contributed by atoms with E-state index in [0.29, 0.717) is 30.4 Å². The number of hydrogen-bond acceptors (Lipinski definition) is 5. The molecule has 0 bridgehead atoms. The number of anilines is 3. The molecule has 104 valence electrons. The summed E-state index contributed by atoms with van der Waals surface area (Å²) in [4.78, 5) is 8.27. The molecule has 0 unspecified atom stereocenters.